The van der Waals surface area contributed by atoms with Crippen LogP contribution in [0.4, 0.5) is 4.79 Å². The molecule has 0 radical (unpaired) electrons. The molecule has 7 nitrogen and oxygen atoms in total. The maximum absolute atomic E-state index is 12.1. The van der Waals surface area contributed by atoms with Crippen LogP contribution in [0.15, 0.2) is 52.9 Å². The highest BCUT2D eigenvalue weighted by molar-refractivity contribution is 7.18. The monoisotopic (exact) mass is 448 g/mol. The zero-order valence-corrected chi connectivity index (χ0v) is 19.1. The average Bonchev–Trinajstić information content (AvgIpc) is 3.32. The van der Waals surface area contributed by atoms with Crippen molar-refractivity contribution in [2.45, 2.75) is 38.7 Å². The number of benzene rings is 2. The molecule has 0 atom stereocenters. The van der Waals surface area contributed by atoms with E-state index in [1.54, 1.807) is 16.2 Å². The highest BCUT2D eigenvalue weighted by atomic mass is 32.1. The van der Waals surface area contributed by atoms with E-state index in [9.17, 15) is 4.79 Å². The summed E-state index contributed by atoms with van der Waals surface area (Å²) in [6, 6.07) is 16.6. The van der Waals surface area contributed by atoms with Gasteiger partial charge in [0.15, 0.2) is 0 Å². The lowest BCUT2D eigenvalue weighted by Crippen LogP contribution is -2.50. The van der Waals surface area contributed by atoms with Crippen LogP contribution in [0, 0.1) is 0 Å². The number of hydrogen-bond donors (Lipinski definition) is 0. The van der Waals surface area contributed by atoms with Gasteiger partial charge in [-0.15, -0.1) is 21.5 Å². The molecule has 164 valence electrons. The number of aromatic nitrogens is 3. The van der Waals surface area contributed by atoms with Crippen molar-refractivity contribution in [1.82, 2.24) is 20.1 Å². The van der Waals surface area contributed by atoms with Crippen molar-refractivity contribution >= 4 is 27.6 Å². The fourth-order valence-corrected chi connectivity index (χ4v) is 4.60. The van der Waals surface area contributed by atoms with E-state index in [2.05, 4.69) is 40.5 Å². The summed E-state index contributed by atoms with van der Waals surface area (Å²) >= 11 is 1.64. The topological polar surface area (TPSA) is 81.4 Å². The first kappa shape index (κ1) is 20.6. The molecule has 0 spiro atoms. The van der Waals surface area contributed by atoms with Gasteiger partial charge in [-0.25, -0.2) is 9.78 Å². The van der Waals surface area contributed by atoms with Crippen LogP contribution in [0.5, 0.6) is 0 Å². The predicted molar refractivity (Wildman–Crippen MR) is 123 cm³/mol. The minimum atomic E-state index is -0.501. The van der Waals surface area contributed by atoms with Gasteiger partial charge in [0.1, 0.15) is 10.6 Å². The third-order valence-electron chi connectivity index (χ3n) is 5.21. The molecule has 1 amide bonds. The van der Waals surface area contributed by atoms with E-state index in [0.717, 1.165) is 15.2 Å². The first-order valence-electron chi connectivity index (χ1n) is 10.6. The van der Waals surface area contributed by atoms with Crippen LogP contribution in [0.25, 0.3) is 21.3 Å². The second kappa shape index (κ2) is 8.02. The molecule has 3 heterocycles. The maximum atomic E-state index is 12.1. The normalized spacial score (nSPS) is 14.5. The number of thiazole rings is 1. The van der Waals surface area contributed by atoms with Gasteiger partial charge in [-0.05, 0) is 44.0 Å². The molecule has 0 aliphatic carbocycles. The lowest BCUT2D eigenvalue weighted by atomic mass is 10.0. The fraction of sp³-hybridized carbons (Fsp3) is 0.333. The number of fused-ring (bicyclic) bond motifs is 1. The Bertz CT molecular complexity index is 1250. The molecule has 0 N–H and O–H groups in total. The number of carbonyl (C=O) groups is 1. The molecule has 4 aromatic rings. The average molecular weight is 449 g/mol. The number of amides is 1. The van der Waals surface area contributed by atoms with E-state index < -0.39 is 5.60 Å². The Labute approximate surface area is 190 Å². The Balaban J connectivity index is 1.24. The fourth-order valence-electron chi connectivity index (χ4n) is 3.60. The van der Waals surface area contributed by atoms with Gasteiger partial charge in [0, 0.05) is 13.1 Å². The van der Waals surface area contributed by atoms with Crippen molar-refractivity contribution in [3.8, 4) is 11.1 Å². The van der Waals surface area contributed by atoms with Crippen LogP contribution < -0.4 is 0 Å². The lowest BCUT2D eigenvalue weighted by molar-refractivity contribution is 0.00599. The predicted octanol–water partition coefficient (Wildman–Crippen LogP) is 5.27. The van der Waals surface area contributed by atoms with E-state index in [4.69, 9.17) is 14.1 Å². The zero-order chi connectivity index (χ0) is 22.3. The van der Waals surface area contributed by atoms with E-state index in [1.807, 2.05) is 39.0 Å². The van der Waals surface area contributed by atoms with Gasteiger partial charge in [-0.1, -0.05) is 36.4 Å². The van der Waals surface area contributed by atoms with Gasteiger partial charge in [0.2, 0.25) is 11.8 Å². The third-order valence-corrected chi connectivity index (χ3v) is 6.23. The molecule has 8 heteroatoms. The summed E-state index contributed by atoms with van der Waals surface area (Å²) in [7, 11) is 0. The lowest BCUT2D eigenvalue weighted by Gasteiger charge is -2.37. The number of likely N-dealkylation sites (tertiary alicyclic amines) is 1. The summed E-state index contributed by atoms with van der Waals surface area (Å²) in [5, 5.41) is 9.32. The van der Waals surface area contributed by atoms with Crippen LogP contribution in [0.1, 0.15) is 43.5 Å². The minimum Gasteiger partial charge on any atom is -0.444 e. The van der Waals surface area contributed by atoms with Gasteiger partial charge < -0.3 is 14.1 Å². The second-order valence-corrected chi connectivity index (χ2v) is 10.1. The van der Waals surface area contributed by atoms with Crippen molar-refractivity contribution in [1.29, 1.82) is 0 Å². The zero-order valence-electron chi connectivity index (χ0n) is 18.2. The van der Waals surface area contributed by atoms with Crippen LogP contribution in [-0.4, -0.2) is 44.9 Å². The van der Waals surface area contributed by atoms with Crippen LogP contribution in [0.2, 0.25) is 0 Å². The van der Waals surface area contributed by atoms with Crippen molar-refractivity contribution in [2.24, 2.45) is 0 Å². The third kappa shape index (κ3) is 4.36. The molecule has 1 aliphatic heterocycles. The summed E-state index contributed by atoms with van der Waals surface area (Å²) in [5.41, 5.74) is 2.83. The van der Waals surface area contributed by atoms with Gasteiger partial charge in [-0.2, -0.15) is 0 Å². The number of carbonyl (C=O) groups excluding carboxylic acids is 1. The van der Waals surface area contributed by atoms with Crippen molar-refractivity contribution in [3.05, 3.63) is 65.3 Å². The van der Waals surface area contributed by atoms with E-state index in [-0.39, 0.29) is 12.0 Å². The molecular formula is C24H24N4O3S. The standard InChI is InChI=1S/C24H24N4O3S/c1-24(2,3)31-23(29)28-13-17(14-28)22-27-26-20(30-22)12-21-25-18-10-9-16(11-19(18)32-21)15-7-5-4-6-8-15/h4-11,17H,12-14H2,1-3H3. The van der Waals surface area contributed by atoms with Crippen LogP contribution >= 0.6 is 11.3 Å². The summed E-state index contributed by atoms with van der Waals surface area (Å²) in [5.74, 6) is 1.15. The Morgan fingerprint density at radius 2 is 1.91 bits per heavy atom. The maximum Gasteiger partial charge on any atom is 0.410 e. The van der Waals surface area contributed by atoms with Crippen LogP contribution in [0.3, 0.4) is 0 Å². The molecule has 2 aromatic heterocycles. The van der Waals surface area contributed by atoms with Crippen molar-refractivity contribution < 1.29 is 13.9 Å². The number of hydrogen-bond acceptors (Lipinski definition) is 7. The Hall–Kier alpha value is -3.26. The Kier molecular flexibility index (Phi) is 5.17. The number of ether oxygens (including phenoxy) is 1. The molecule has 1 saturated heterocycles. The largest absolute Gasteiger partial charge is 0.444 e. The van der Waals surface area contributed by atoms with Gasteiger partial charge in [0.05, 0.1) is 22.6 Å². The van der Waals surface area contributed by atoms with Crippen molar-refractivity contribution in [3.63, 3.8) is 0 Å². The molecule has 1 fully saturated rings. The summed E-state index contributed by atoms with van der Waals surface area (Å²) in [6.45, 7) is 6.63. The molecular weight excluding hydrogens is 424 g/mol. The van der Waals surface area contributed by atoms with Gasteiger partial charge >= 0.3 is 6.09 Å². The quantitative estimate of drug-likeness (QED) is 0.423. The summed E-state index contributed by atoms with van der Waals surface area (Å²) in [4.78, 5) is 18.5. The molecule has 32 heavy (non-hydrogen) atoms. The molecule has 0 saturated carbocycles. The van der Waals surface area contributed by atoms with E-state index >= 15 is 0 Å². The molecule has 2 aromatic carbocycles. The number of nitrogens with zero attached hydrogens (tertiary/aromatic N) is 4. The first-order chi connectivity index (χ1) is 15.3. The minimum absolute atomic E-state index is 0.0487. The highest BCUT2D eigenvalue weighted by Crippen LogP contribution is 2.31. The Morgan fingerprint density at radius 3 is 2.66 bits per heavy atom. The first-order valence-corrected chi connectivity index (χ1v) is 11.4. The Morgan fingerprint density at radius 1 is 1.12 bits per heavy atom. The number of rotatable bonds is 4. The molecule has 0 unspecified atom stereocenters. The van der Waals surface area contributed by atoms with Gasteiger partial charge in [-0.3, -0.25) is 0 Å². The molecule has 1 aliphatic rings. The van der Waals surface area contributed by atoms with Gasteiger partial charge in [0.25, 0.3) is 0 Å². The highest BCUT2D eigenvalue weighted by Gasteiger charge is 2.37. The summed E-state index contributed by atoms with van der Waals surface area (Å²) in [6.07, 6.45) is 0.188. The molecule has 5 rings (SSSR count). The van der Waals surface area contributed by atoms with E-state index in [0.29, 0.717) is 31.3 Å². The SMILES string of the molecule is CC(C)(C)OC(=O)N1CC(c2nnc(Cc3nc4ccc(-c5ccccc5)cc4s3)o2)C1. The smallest absolute Gasteiger partial charge is 0.410 e. The summed E-state index contributed by atoms with van der Waals surface area (Å²) < 4.78 is 12.4. The van der Waals surface area contributed by atoms with E-state index in [1.165, 1.54) is 11.1 Å². The molecule has 0 bridgehead atoms. The second-order valence-electron chi connectivity index (χ2n) is 8.95. The van der Waals surface area contributed by atoms with Crippen LogP contribution in [-0.2, 0) is 11.2 Å². The van der Waals surface area contributed by atoms with Crippen molar-refractivity contribution in [2.75, 3.05) is 13.1 Å².